The molecule has 0 unspecified atom stereocenters. The van der Waals surface area contributed by atoms with Gasteiger partial charge in [-0.05, 0) is 80.4 Å². The van der Waals surface area contributed by atoms with Gasteiger partial charge in [0.15, 0.2) is 5.69 Å². The predicted molar refractivity (Wildman–Crippen MR) is 190 cm³/mol. The topological polar surface area (TPSA) is 214 Å². The zero-order valence-corrected chi connectivity index (χ0v) is 30.3. The number of aromatic nitrogens is 2. The largest absolute Gasteiger partial charge is 0.542 e. The van der Waals surface area contributed by atoms with Crippen LogP contribution in [0.25, 0.3) is 4.96 Å². The number of carbonyl (C=O) groups is 4. The Bertz CT molecular complexity index is 2170. The number of phenolic OH excluding ortho intramolecular Hbond substituents is 1. The molecule has 0 spiro atoms. The van der Waals surface area contributed by atoms with Crippen molar-refractivity contribution in [3.05, 3.63) is 123 Å². The van der Waals surface area contributed by atoms with Crippen LogP contribution in [0.3, 0.4) is 0 Å². The molecule has 55 heavy (non-hydrogen) atoms. The fourth-order valence-electron chi connectivity index (χ4n) is 5.20. The molecule has 2 aromatic heterocycles. The number of nitro groups is 1. The molecule has 2 heterocycles. The third-order valence-electron chi connectivity index (χ3n) is 7.76. The highest BCUT2D eigenvalue weighted by Crippen LogP contribution is 2.23. The lowest BCUT2D eigenvalue weighted by molar-refractivity contribution is -0.506. The van der Waals surface area contributed by atoms with Gasteiger partial charge in [-0.15, -0.1) is 0 Å². The van der Waals surface area contributed by atoms with Crippen LogP contribution in [0, 0.1) is 17.0 Å². The first-order chi connectivity index (χ1) is 25.8. The summed E-state index contributed by atoms with van der Waals surface area (Å²) in [5.74, 6) is -4.17. The van der Waals surface area contributed by atoms with Crippen LogP contribution in [-0.4, -0.2) is 61.7 Å². The number of esters is 1. The second kappa shape index (κ2) is 17.5. The van der Waals surface area contributed by atoms with E-state index in [0.29, 0.717) is 29.1 Å². The molecule has 0 saturated heterocycles. The number of ether oxygens (including phenoxy) is 1. The first kappa shape index (κ1) is 41.3. The predicted octanol–water partition coefficient (Wildman–Crippen LogP) is 4.25. The molecule has 5 aromatic rings. The van der Waals surface area contributed by atoms with Gasteiger partial charge in [0.05, 0.1) is 23.1 Å². The number of amides is 3. The van der Waals surface area contributed by atoms with E-state index in [1.807, 2.05) is 28.3 Å². The minimum atomic E-state index is -5.19. The number of alkyl halides is 3. The van der Waals surface area contributed by atoms with Gasteiger partial charge in [-0.3, -0.25) is 14.9 Å². The normalized spacial score (nSPS) is 11.7. The van der Waals surface area contributed by atoms with Gasteiger partial charge in [-0.25, -0.2) is 14.2 Å². The number of non-ortho nitro benzene ring substituents is 1. The van der Waals surface area contributed by atoms with E-state index in [1.165, 1.54) is 52.6 Å². The molecule has 0 bridgehead atoms. The number of carboxylic acids is 1. The first-order valence-corrected chi connectivity index (χ1v) is 17.1. The second-order valence-corrected chi connectivity index (χ2v) is 13.5. The minimum absolute atomic E-state index is 0.0239. The van der Waals surface area contributed by atoms with Crippen LogP contribution in [-0.2, 0) is 33.8 Å². The van der Waals surface area contributed by atoms with Crippen LogP contribution < -0.4 is 20.6 Å². The number of hydrogen-bond donors (Lipinski definition) is 3. The quantitative estimate of drug-likeness (QED) is 0.0713. The first-order valence-electron chi connectivity index (χ1n) is 16.3. The van der Waals surface area contributed by atoms with Gasteiger partial charge in [0.1, 0.15) is 36.7 Å². The lowest BCUT2D eigenvalue weighted by Gasteiger charge is -2.29. The summed E-state index contributed by atoms with van der Waals surface area (Å²) in [5, 5.41) is 32.6. The molecular formula is C36H35F3N6O9S. The van der Waals surface area contributed by atoms with Gasteiger partial charge in [0.2, 0.25) is 5.91 Å². The molecule has 3 aromatic carbocycles. The molecule has 0 fully saturated rings. The van der Waals surface area contributed by atoms with Crippen molar-refractivity contribution >= 4 is 51.5 Å². The third kappa shape index (κ3) is 11.2. The fourth-order valence-corrected chi connectivity index (χ4v) is 6.16. The van der Waals surface area contributed by atoms with Gasteiger partial charge in [0.25, 0.3) is 5.69 Å². The number of aliphatic carboxylic acids is 1. The Labute approximate surface area is 315 Å². The van der Waals surface area contributed by atoms with Gasteiger partial charge in [-0.1, -0.05) is 23.5 Å². The lowest BCUT2D eigenvalue weighted by atomic mass is 10.0. The Balaban J connectivity index is 0.000000876. The number of imidazole rings is 1. The number of nitrogens with zero attached hydrogens (tertiary/aromatic N) is 4. The number of halogens is 3. The maximum atomic E-state index is 14.0. The molecule has 3 amide bonds. The van der Waals surface area contributed by atoms with Crippen LogP contribution in [0.2, 0.25) is 0 Å². The SMILES string of the molecule is Cc1c[n+]2cc(CN(C(=O)Nc3ccc(C(=O)OC(C)C)cc3)[C@@H](Cc3ccc(O)cc3)C(N)=O)n(Cc3ccc([N+](=O)[O-])cc3)c2s1.O=C([O-])C(F)(F)F. The monoisotopic (exact) mass is 784 g/mol. The molecular weight excluding hydrogens is 749 g/mol. The highest BCUT2D eigenvalue weighted by molar-refractivity contribution is 7.16. The van der Waals surface area contributed by atoms with E-state index in [-0.39, 0.29) is 30.5 Å². The van der Waals surface area contributed by atoms with Crippen molar-refractivity contribution in [3.63, 3.8) is 0 Å². The van der Waals surface area contributed by atoms with E-state index in [2.05, 4.69) is 5.32 Å². The summed E-state index contributed by atoms with van der Waals surface area (Å²) in [6.45, 7) is 5.78. The third-order valence-corrected chi connectivity index (χ3v) is 8.80. The molecule has 0 saturated carbocycles. The van der Waals surface area contributed by atoms with E-state index in [1.54, 1.807) is 50.2 Å². The summed E-state index contributed by atoms with van der Waals surface area (Å²) in [7, 11) is 0. The summed E-state index contributed by atoms with van der Waals surface area (Å²) < 4.78 is 40.7. The number of carbonyl (C=O) groups excluding carboxylic acids is 4. The van der Waals surface area contributed by atoms with Crippen LogP contribution in [0.1, 0.15) is 45.9 Å². The molecule has 0 aliphatic rings. The van der Waals surface area contributed by atoms with Crippen molar-refractivity contribution in [2.45, 2.75) is 58.6 Å². The molecule has 15 nitrogen and oxygen atoms in total. The average Bonchev–Trinajstić information content (AvgIpc) is 3.62. The Kier molecular flexibility index (Phi) is 13.2. The smallest absolute Gasteiger partial charge is 0.430 e. The number of aromatic hydroxyl groups is 1. The molecule has 5 rings (SSSR count). The van der Waals surface area contributed by atoms with Crippen molar-refractivity contribution in [3.8, 4) is 5.75 Å². The Morgan fingerprint density at radius 1 is 1.00 bits per heavy atom. The number of aryl methyl sites for hydroxylation is 1. The number of phenols is 1. The number of benzene rings is 3. The van der Waals surface area contributed by atoms with E-state index >= 15 is 0 Å². The van der Waals surface area contributed by atoms with E-state index in [0.717, 1.165) is 15.4 Å². The number of primary amides is 1. The Morgan fingerprint density at radius 2 is 1.58 bits per heavy atom. The lowest BCUT2D eigenvalue weighted by Crippen LogP contribution is -2.50. The molecule has 0 aliphatic heterocycles. The number of nitrogens with two attached hydrogens (primary N) is 1. The summed E-state index contributed by atoms with van der Waals surface area (Å²) in [4.78, 5) is 62.2. The highest BCUT2D eigenvalue weighted by Gasteiger charge is 2.33. The number of fused-ring (bicyclic) bond motifs is 1. The van der Waals surface area contributed by atoms with Crippen molar-refractivity contribution in [1.82, 2.24) is 9.47 Å². The molecule has 1 atom stereocenters. The van der Waals surface area contributed by atoms with Crippen molar-refractivity contribution in [1.29, 1.82) is 0 Å². The number of hydrogen-bond acceptors (Lipinski definition) is 10. The second-order valence-electron chi connectivity index (χ2n) is 12.3. The molecule has 0 aliphatic carbocycles. The van der Waals surface area contributed by atoms with Crippen LogP contribution in [0.4, 0.5) is 29.3 Å². The Hall–Kier alpha value is -6.50. The van der Waals surface area contributed by atoms with E-state index in [4.69, 9.17) is 20.4 Å². The van der Waals surface area contributed by atoms with Crippen LogP contribution in [0.5, 0.6) is 5.75 Å². The molecule has 4 N–H and O–H groups in total. The van der Waals surface area contributed by atoms with Crippen molar-refractivity contribution in [2.75, 3.05) is 5.32 Å². The Morgan fingerprint density at radius 3 is 2.11 bits per heavy atom. The van der Waals surface area contributed by atoms with Crippen molar-refractivity contribution < 1.29 is 56.6 Å². The van der Waals surface area contributed by atoms with E-state index < -0.39 is 41.0 Å². The average molecular weight is 785 g/mol. The van der Waals surface area contributed by atoms with Gasteiger partial charge < -0.3 is 35.7 Å². The highest BCUT2D eigenvalue weighted by atomic mass is 32.1. The summed E-state index contributed by atoms with van der Waals surface area (Å²) >= 11 is 1.54. The zero-order chi connectivity index (χ0) is 40.6. The fraction of sp³-hybridized carbons (Fsp3) is 0.250. The summed E-state index contributed by atoms with van der Waals surface area (Å²) in [6, 6.07) is 17.0. The molecule has 19 heteroatoms. The number of rotatable bonds is 12. The van der Waals surface area contributed by atoms with Gasteiger partial charge in [-0.2, -0.15) is 17.6 Å². The van der Waals surface area contributed by atoms with Crippen LogP contribution >= 0.6 is 11.3 Å². The molecule has 0 radical (unpaired) electrons. The van der Waals surface area contributed by atoms with Crippen LogP contribution in [0.15, 0.2) is 85.2 Å². The zero-order valence-electron chi connectivity index (χ0n) is 29.5. The van der Waals surface area contributed by atoms with Gasteiger partial charge in [0, 0.05) is 29.1 Å². The number of thiazole rings is 1. The summed E-state index contributed by atoms with van der Waals surface area (Å²) in [5.41, 5.74) is 8.77. The summed E-state index contributed by atoms with van der Waals surface area (Å²) in [6.07, 6.45) is -1.58. The van der Waals surface area contributed by atoms with E-state index in [9.17, 15) is 42.8 Å². The maximum Gasteiger partial charge on any atom is 0.430 e. The maximum absolute atomic E-state index is 14.0. The van der Waals surface area contributed by atoms with Crippen molar-refractivity contribution in [2.24, 2.45) is 5.73 Å². The number of nitro benzene ring substituents is 1. The molecule has 290 valence electrons. The number of carboxylic acid groups (broad SMARTS) is 1. The van der Waals surface area contributed by atoms with Gasteiger partial charge >= 0.3 is 23.1 Å². The number of anilines is 1. The minimum Gasteiger partial charge on any atom is -0.542 e. The number of urea groups is 1. The number of nitrogens with one attached hydrogen (secondary N) is 1. The standard InChI is InChI=1S/C34H34N6O7S.C2HF3O2/c1-21(2)47-32(43)25-8-10-26(11-9-25)36-33(44)39(30(31(35)42)16-23-6-14-29(41)15-7-23)20-28-19-37-17-22(3)48-34(37)38(28)18-24-4-12-27(13-5-24)40(45)46;3-2(4,5)1(6)7/h4-15,17,19,21,30H,16,18,20H2,1-3H3,(H3-,35,36,41,42,43,44);(H,6,7)/t30-;/m0./s1.